The topological polar surface area (TPSA) is 38.8 Å². The van der Waals surface area contributed by atoms with E-state index >= 15 is 0 Å². The third-order valence-corrected chi connectivity index (χ3v) is 6.78. The molecule has 0 bridgehead atoms. The molecule has 4 rings (SSSR count). The number of carbonyl (C=O) groups is 1. The predicted octanol–water partition coefficient (Wildman–Crippen LogP) is 5.61. The Labute approximate surface area is 203 Å². The lowest BCUT2D eigenvalue weighted by Crippen LogP contribution is -2.47. The maximum Gasteiger partial charge on any atom is 0.321 e. The Kier molecular flexibility index (Phi) is 8.51. The first-order chi connectivity index (χ1) is 16.7. The maximum absolute atomic E-state index is 13.8. The predicted molar refractivity (Wildman–Crippen MR) is 136 cm³/mol. The molecule has 1 saturated heterocycles. The molecule has 0 saturated carbocycles. The van der Waals surface area contributed by atoms with Gasteiger partial charge in [-0.1, -0.05) is 91.0 Å². The zero-order valence-corrected chi connectivity index (χ0v) is 20.1. The Balaban J connectivity index is 1.69. The van der Waals surface area contributed by atoms with Gasteiger partial charge >= 0.3 is 5.97 Å². The van der Waals surface area contributed by atoms with Crippen molar-refractivity contribution in [2.24, 2.45) is 0 Å². The summed E-state index contributed by atoms with van der Waals surface area (Å²) < 4.78 is 12.0. The molecule has 3 aromatic carbocycles. The molecule has 0 N–H and O–H groups in total. The molecule has 178 valence electrons. The summed E-state index contributed by atoms with van der Waals surface area (Å²) in [4.78, 5) is 16.3. The van der Waals surface area contributed by atoms with E-state index in [2.05, 4.69) is 41.3 Å². The lowest BCUT2D eigenvalue weighted by molar-refractivity contribution is -0.149. The number of hydrogen-bond donors (Lipinski definition) is 0. The summed E-state index contributed by atoms with van der Waals surface area (Å²) in [5, 5.41) is 0. The number of hydrogen-bond acceptors (Lipinski definition) is 4. The fourth-order valence-electron chi connectivity index (χ4n) is 5.06. The van der Waals surface area contributed by atoms with Crippen LogP contribution in [0.1, 0.15) is 42.9 Å². The Hall–Kier alpha value is -2.95. The van der Waals surface area contributed by atoms with E-state index in [4.69, 9.17) is 9.47 Å². The van der Waals surface area contributed by atoms with Gasteiger partial charge in [0.2, 0.25) is 0 Å². The fraction of sp³-hybridized carbons (Fsp3) is 0.367. The Morgan fingerprint density at radius 2 is 1.38 bits per heavy atom. The van der Waals surface area contributed by atoms with Crippen LogP contribution in [-0.4, -0.2) is 43.2 Å². The summed E-state index contributed by atoms with van der Waals surface area (Å²) >= 11 is 0. The van der Waals surface area contributed by atoms with Crippen LogP contribution in [0.15, 0.2) is 91.0 Å². The Morgan fingerprint density at radius 1 is 0.853 bits per heavy atom. The molecule has 1 fully saturated rings. The van der Waals surface area contributed by atoms with Crippen molar-refractivity contribution in [3.8, 4) is 0 Å². The van der Waals surface area contributed by atoms with E-state index in [1.807, 2.05) is 61.5 Å². The highest BCUT2D eigenvalue weighted by molar-refractivity contribution is 5.87. The van der Waals surface area contributed by atoms with Gasteiger partial charge in [0.1, 0.15) is 5.41 Å². The SMILES string of the molecule is CCOC(=O)C(CC(COCc1ccccc1)N1CCCC1)(c1ccccc1)c1ccccc1. The van der Waals surface area contributed by atoms with Gasteiger partial charge in [-0.05, 0) is 56.0 Å². The zero-order chi connectivity index (χ0) is 23.6. The van der Waals surface area contributed by atoms with Crippen LogP contribution in [-0.2, 0) is 26.3 Å². The third kappa shape index (κ3) is 5.57. The molecular weight excluding hydrogens is 422 g/mol. The number of rotatable bonds is 11. The van der Waals surface area contributed by atoms with Gasteiger partial charge in [0, 0.05) is 6.04 Å². The van der Waals surface area contributed by atoms with Crippen molar-refractivity contribution in [3.63, 3.8) is 0 Å². The van der Waals surface area contributed by atoms with Gasteiger partial charge in [-0.2, -0.15) is 0 Å². The van der Waals surface area contributed by atoms with Crippen molar-refractivity contribution < 1.29 is 14.3 Å². The van der Waals surface area contributed by atoms with E-state index in [1.165, 1.54) is 12.8 Å². The number of likely N-dealkylation sites (tertiary alicyclic amines) is 1. The Bertz CT molecular complexity index is 961. The monoisotopic (exact) mass is 457 g/mol. The van der Waals surface area contributed by atoms with Crippen molar-refractivity contribution >= 4 is 5.97 Å². The van der Waals surface area contributed by atoms with E-state index < -0.39 is 5.41 Å². The zero-order valence-electron chi connectivity index (χ0n) is 20.1. The fourth-order valence-corrected chi connectivity index (χ4v) is 5.06. The number of esters is 1. The summed E-state index contributed by atoms with van der Waals surface area (Å²) in [7, 11) is 0. The first-order valence-corrected chi connectivity index (χ1v) is 12.4. The van der Waals surface area contributed by atoms with Gasteiger partial charge in [0.15, 0.2) is 0 Å². The quantitative estimate of drug-likeness (QED) is 0.351. The van der Waals surface area contributed by atoms with Gasteiger partial charge < -0.3 is 9.47 Å². The average molecular weight is 458 g/mol. The van der Waals surface area contributed by atoms with Crippen LogP contribution in [0, 0.1) is 0 Å². The van der Waals surface area contributed by atoms with Crippen molar-refractivity contribution in [1.29, 1.82) is 0 Å². The molecule has 1 aliphatic rings. The lowest BCUT2D eigenvalue weighted by atomic mass is 9.70. The molecule has 34 heavy (non-hydrogen) atoms. The number of ether oxygens (including phenoxy) is 2. The molecule has 4 nitrogen and oxygen atoms in total. The molecule has 0 radical (unpaired) electrons. The van der Waals surface area contributed by atoms with E-state index in [0.29, 0.717) is 26.2 Å². The first kappa shape index (κ1) is 24.2. The molecule has 4 heteroatoms. The first-order valence-electron chi connectivity index (χ1n) is 12.4. The summed E-state index contributed by atoms with van der Waals surface area (Å²) in [6.45, 7) is 5.41. The van der Waals surface area contributed by atoms with Gasteiger partial charge in [-0.15, -0.1) is 0 Å². The van der Waals surface area contributed by atoms with E-state index in [9.17, 15) is 4.79 Å². The van der Waals surface area contributed by atoms with Crippen molar-refractivity contribution in [1.82, 2.24) is 4.90 Å². The second kappa shape index (κ2) is 12.0. The number of benzene rings is 3. The highest BCUT2D eigenvalue weighted by Crippen LogP contribution is 2.40. The molecule has 1 unspecified atom stereocenters. The van der Waals surface area contributed by atoms with Crippen LogP contribution in [0.25, 0.3) is 0 Å². The second-order valence-electron chi connectivity index (χ2n) is 8.96. The molecule has 0 aromatic heterocycles. The van der Waals surface area contributed by atoms with Crippen molar-refractivity contribution in [3.05, 3.63) is 108 Å². The van der Waals surface area contributed by atoms with Crippen LogP contribution in [0.5, 0.6) is 0 Å². The smallest absolute Gasteiger partial charge is 0.321 e. The highest BCUT2D eigenvalue weighted by Gasteiger charge is 2.46. The average Bonchev–Trinajstić information content (AvgIpc) is 3.43. The third-order valence-electron chi connectivity index (χ3n) is 6.78. The second-order valence-corrected chi connectivity index (χ2v) is 8.96. The molecule has 0 amide bonds. The largest absolute Gasteiger partial charge is 0.465 e. The highest BCUT2D eigenvalue weighted by atomic mass is 16.5. The summed E-state index contributed by atoms with van der Waals surface area (Å²) in [6.07, 6.45) is 2.96. The van der Waals surface area contributed by atoms with E-state index in [-0.39, 0.29) is 12.0 Å². The van der Waals surface area contributed by atoms with Gasteiger partial charge in [0.05, 0.1) is 19.8 Å². The summed E-state index contributed by atoms with van der Waals surface area (Å²) in [6, 6.07) is 30.6. The van der Waals surface area contributed by atoms with Crippen LogP contribution < -0.4 is 0 Å². The van der Waals surface area contributed by atoms with Crippen LogP contribution in [0.2, 0.25) is 0 Å². The Morgan fingerprint density at radius 3 is 1.91 bits per heavy atom. The molecule has 0 spiro atoms. The molecule has 1 atom stereocenters. The minimum atomic E-state index is -0.901. The standard InChI is InChI=1S/C30H35NO3/c1-2-34-29(32)30(26-16-8-4-9-17-26,27-18-10-5-11-19-27)22-28(31-20-12-13-21-31)24-33-23-25-14-6-3-7-15-25/h3-11,14-19,28H,2,12-13,20-24H2,1H3. The number of nitrogens with zero attached hydrogens (tertiary/aromatic N) is 1. The van der Waals surface area contributed by atoms with Crippen LogP contribution >= 0.6 is 0 Å². The maximum atomic E-state index is 13.8. The molecular formula is C30H35NO3. The van der Waals surface area contributed by atoms with Crippen LogP contribution in [0.3, 0.4) is 0 Å². The molecule has 1 aliphatic heterocycles. The summed E-state index contributed by atoms with van der Waals surface area (Å²) in [5.74, 6) is -0.195. The van der Waals surface area contributed by atoms with Gasteiger partial charge in [0.25, 0.3) is 0 Å². The van der Waals surface area contributed by atoms with Crippen LogP contribution in [0.4, 0.5) is 0 Å². The van der Waals surface area contributed by atoms with E-state index in [0.717, 1.165) is 29.8 Å². The van der Waals surface area contributed by atoms with E-state index in [1.54, 1.807) is 0 Å². The summed E-state index contributed by atoms with van der Waals surface area (Å²) in [5.41, 5.74) is 2.19. The van der Waals surface area contributed by atoms with Gasteiger partial charge in [-0.3, -0.25) is 9.69 Å². The molecule has 0 aliphatic carbocycles. The van der Waals surface area contributed by atoms with Crippen molar-refractivity contribution in [2.45, 2.75) is 44.2 Å². The number of carbonyl (C=O) groups excluding carboxylic acids is 1. The minimum Gasteiger partial charge on any atom is -0.465 e. The normalized spacial score (nSPS) is 15.2. The van der Waals surface area contributed by atoms with Gasteiger partial charge in [-0.25, -0.2) is 0 Å². The van der Waals surface area contributed by atoms with Crippen molar-refractivity contribution in [2.75, 3.05) is 26.3 Å². The minimum absolute atomic E-state index is 0.0935. The molecule has 3 aromatic rings. The molecule has 1 heterocycles. The lowest BCUT2D eigenvalue weighted by Gasteiger charge is -2.38.